The maximum atomic E-state index is 5.38. The minimum absolute atomic E-state index is 0.679. The van der Waals surface area contributed by atoms with Crippen LogP contribution in [0.2, 0.25) is 0 Å². The molecule has 10 heavy (non-hydrogen) atoms. The minimum atomic E-state index is 0.679. The maximum absolute atomic E-state index is 5.38. The minimum Gasteiger partial charge on any atom is -0.375 e. The van der Waals surface area contributed by atoms with Gasteiger partial charge in [0, 0.05) is 0 Å². The first-order valence-electron chi connectivity index (χ1n) is 4.52. The molecule has 1 aliphatic carbocycles. The van der Waals surface area contributed by atoms with E-state index in [1.165, 1.54) is 32.1 Å². The highest BCUT2D eigenvalue weighted by Crippen LogP contribution is 2.33. The van der Waals surface area contributed by atoms with Gasteiger partial charge in [-0.1, -0.05) is 20.3 Å². The van der Waals surface area contributed by atoms with Gasteiger partial charge in [0.25, 0.3) is 0 Å². The molecular formula is C9H18O. The zero-order chi connectivity index (χ0) is 7.40. The highest BCUT2D eigenvalue weighted by Gasteiger charge is 2.33. The van der Waals surface area contributed by atoms with Crippen LogP contribution in [0.3, 0.4) is 0 Å². The third-order valence-corrected chi connectivity index (χ3v) is 1.96. The SMILES string of the molecule is C1CC2CC(C1)O2.CCC. The molecule has 1 heteroatoms. The van der Waals surface area contributed by atoms with E-state index in [1.807, 2.05) is 0 Å². The maximum Gasteiger partial charge on any atom is 0.0603 e. The van der Waals surface area contributed by atoms with Crippen molar-refractivity contribution >= 4 is 0 Å². The zero-order valence-corrected chi connectivity index (χ0v) is 7.10. The molecule has 1 nitrogen and oxygen atoms in total. The summed E-state index contributed by atoms with van der Waals surface area (Å²) in [6, 6.07) is 0. The molecule has 0 aromatic heterocycles. The van der Waals surface area contributed by atoms with Crippen LogP contribution in [0.15, 0.2) is 0 Å². The molecule has 2 aliphatic heterocycles. The topological polar surface area (TPSA) is 9.23 Å². The van der Waals surface area contributed by atoms with E-state index in [-0.39, 0.29) is 0 Å². The molecule has 3 aliphatic rings. The molecule has 3 fully saturated rings. The molecule has 3 rings (SSSR count). The molecule has 2 atom stereocenters. The van der Waals surface area contributed by atoms with Crippen LogP contribution in [-0.4, -0.2) is 12.2 Å². The first kappa shape index (κ1) is 8.06. The second-order valence-corrected chi connectivity index (χ2v) is 3.25. The lowest BCUT2D eigenvalue weighted by Gasteiger charge is -2.41. The highest BCUT2D eigenvalue weighted by atomic mass is 16.5. The second kappa shape index (κ2) is 3.97. The van der Waals surface area contributed by atoms with E-state index < -0.39 is 0 Å². The standard InChI is InChI=1S/C6H10O.C3H8/c1-2-5-4-6(3-1)7-5;1-3-2/h5-6H,1-4H2;3H2,1-2H3. The van der Waals surface area contributed by atoms with Crippen LogP contribution in [0.4, 0.5) is 0 Å². The van der Waals surface area contributed by atoms with E-state index >= 15 is 0 Å². The van der Waals surface area contributed by atoms with Gasteiger partial charge in [0.1, 0.15) is 0 Å². The Morgan fingerprint density at radius 1 is 1.20 bits per heavy atom. The normalized spacial score (nSPS) is 35.4. The Kier molecular flexibility index (Phi) is 3.20. The molecule has 0 amide bonds. The van der Waals surface area contributed by atoms with Gasteiger partial charge in [-0.3, -0.25) is 0 Å². The Hall–Kier alpha value is -0.0400. The zero-order valence-electron chi connectivity index (χ0n) is 7.10. The van der Waals surface area contributed by atoms with E-state index in [4.69, 9.17) is 4.74 Å². The number of hydrogen-bond acceptors (Lipinski definition) is 1. The van der Waals surface area contributed by atoms with Crippen molar-refractivity contribution in [2.75, 3.05) is 0 Å². The molecule has 60 valence electrons. The van der Waals surface area contributed by atoms with Crippen molar-refractivity contribution in [3.8, 4) is 0 Å². The summed E-state index contributed by atoms with van der Waals surface area (Å²) >= 11 is 0. The van der Waals surface area contributed by atoms with Crippen LogP contribution in [0.5, 0.6) is 0 Å². The van der Waals surface area contributed by atoms with Crippen LogP contribution >= 0.6 is 0 Å². The Morgan fingerprint density at radius 2 is 1.60 bits per heavy atom. The van der Waals surface area contributed by atoms with Crippen LogP contribution in [0.1, 0.15) is 46.0 Å². The summed E-state index contributed by atoms with van der Waals surface area (Å²) in [4.78, 5) is 0. The third kappa shape index (κ3) is 1.98. The summed E-state index contributed by atoms with van der Waals surface area (Å²) in [7, 11) is 0. The number of fused-ring (bicyclic) bond motifs is 2. The lowest BCUT2D eigenvalue weighted by Crippen LogP contribution is -2.41. The van der Waals surface area contributed by atoms with E-state index in [9.17, 15) is 0 Å². The Bertz CT molecular complexity index is 71.2. The Balaban J connectivity index is 0.000000148. The van der Waals surface area contributed by atoms with Crippen LogP contribution in [0, 0.1) is 0 Å². The van der Waals surface area contributed by atoms with Gasteiger partial charge in [0.2, 0.25) is 0 Å². The molecule has 2 saturated heterocycles. The third-order valence-electron chi connectivity index (χ3n) is 1.96. The predicted octanol–water partition coefficient (Wildman–Crippen LogP) is 2.74. The van der Waals surface area contributed by atoms with Gasteiger partial charge in [-0.15, -0.1) is 0 Å². The average molecular weight is 142 g/mol. The molecule has 2 unspecified atom stereocenters. The quantitative estimate of drug-likeness (QED) is 0.505. The van der Waals surface area contributed by atoms with Crippen molar-refractivity contribution < 1.29 is 4.74 Å². The van der Waals surface area contributed by atoms with Gasteiger partial charge in [-0.05, 0) is 25.7 Å². The monoisotopic (exact) mass is 142 g/mol. The molecule has 0 aromatic rings. The first-order chi connectivity index (χ1) is 4.86. The van der Waals surface area contributed by atoms with E-state index in [0.717, 1.165) is 0 Å². The summed E-state index contributed by atoms with van der Waals surface area (Å²) in [6.45, 7) is 4.25. The number of hydrogen-bond donors (Lipinski definition) is 0. The predicted molar refractivity (Wildman–Crippen MR) is 43.1 cm³/mol. The number of rotatable bonds is 0. The van der Waals surface area contributed by atoms with Crippen molar-refractivity contribution in [2.45, 2.75) is 58.2 Å². The van der Waals surface area contributed by atoms with Crippen molar-refractivity contribution in [2.24, 2.45) is 0 Å². The van der Waals surface area contributed by atoms with Crippen molar-refractivity contribution in [1.82, 2.24) is 0 Å². The number of ether oxygens (including phenoxy) is 1. The molecule has 0 spiro atoms. The van der Waals surface area contributed by atoms with Crippen molar-refractivity contribution in [1.29, 1.82) is 0 Å². The van der Waals surface area contributed by atoms with Crippen molar-refractivity contribution in [3.05, 3.63) is 0 Å². The molecule has 2 heterocycles. The smallest absolute Gasteiger partial charge is 0.0603 e. The molecular weight excluding hydrogens is 124 g/mol. The van der Waals surface area contributed by atoms with Crippen molar-refractivity contribution in [3.63, 3.8) is 0 Å². The average Bonchev–Trinajstić information content (AvgIpc) is 1.90. The van der Waals surface area contributed by atoms with Gasteiger partial charge >= 0.3 is 0 Å². The lowest BCUT2D eigenvalue weighted by atomic mass is 9.89. The first-order valence-corrected chi connectivity index (χ1v) is 4.52. The highest BCUT2D eigenvalue weighted by molar-refractivity contribution is 4.82. The lowest BCUT2D eigenvalue weighted by molar-refractivity contribution is -0.155. The fourth-order valence-electron chi connectivity index (χ4n) is 1.50. The van der Waals surface area contributed by atoms with Gasteiger partial charge in [0.05, 0.1) is 12.2 Å². The van der Waals surface area contributed by atoms with Gasteiger partial charge in [-0.25, -0.2) is 0 Å². The summed E-state index contributed by atoms with van der Waals surface area (Å²) in [5.74, 6) is 0. The van der Waals surface area contributed by atoms with Crippen LogP contribution in [0.25, 0.3) is 0 Å². The Labute approximate surface area is 63.8 Å². The molecule has 2 bridgehead atoms. The van der Waals surface area contributed by atoms with Gasteiger partial charge in [-0.2, -0.15) is 0 Å². The Morgan fingerprint density at radius 3 is 1.70 bits per heavy atom. The van der Waals surface area contributed by atoms with E-state index in [2.05, 4.69) is 13.8 Å². The molecule has 0 N–H and O–H groups in total. The summed E-state index contributed by atoms with van der Waals surface area (Å²) < 4.78 is 5.38. The largest absolute Gasteiger partial charge is 0.375 e. The van der Waals surface area contributed by atoms with Gasteiger partial charge in [0.15, 0.2) is 0 Å². The van der Waals surface area contributed by atoms with E-state index in [0.29, 0.717) is 12.2 Å². The summed E-state index contributed by atoms with van der Waals surface area (Å²) in [5, 5.41) is 0. The van der Waals surface area contributed by atoms with Gasteiger partial charge < -0.3 is 4.74 Å². The summed E-state index contributed by atoms with van der Waals surface area (Å²) in [6.07, 6.45) is 8.04. The van der Waals surface area contributed by atoms with E-state index in [1.54, 1.807) is 0 Å². The molecule has 0 aromatic carbocycles. The fraction of sp³-hybridized carbons (Fsp3) is 1.00. The molecule has 0 radical (unpaired) electrons. The summed E-state index contributed by atoms with van der Waals surface area (Å²) in [5.41, 5.74) is 0. The van der Waals surface area contributed by atoms with Crippen LogP contribution < -0.4 is 0 Å². The second-order valence-electron chi connectivity index (χ2n) is 3.25. The molecule has 1 saturated carbocycles. The fourth-order valence-corrected chi connectivity index (χ4v) is 1.50. The van der Waals surface area contributed by atoms with Crippen LogP contribution in [-0.2, 0) is 4.74 Å².